The van der Waals surface area contributed by atoms with Crippen LogP contribution in [0.5, 0.6) is 0 Å². The van der Waals surface area contributed by atoms with Crippen LogP contribution in [0.1, 0.15) is 30.7 Å². The molecule has 2 saturated heterocycles. The average Bonchev–Trinajstić information content (AvgIpc) is 3.27. The van der Waals surface area contributed by atoms with E-state index in [4.69, 9.17) is 4.52 Å². The van der Waals surface area contributed by atoms with E-state index in [-0.39, 0.29) is 17.5 Å². The zero-order valence-corrected chi connectivity index (χ0v) is 14.9. The quantitative estimate of drug-likeness (QED) is 0.742. The van der Waals surface area contributed by atoms with Crippen LogP contribution in [-0.4, -0.2) is 52.9 Å². The Labute approximate surface area is 150 Å². The molecule has 4 heterocycles. The molecular formula is C17H19N5O3S. The smallest absolute Gasteiger partial charge is 0.230 e. The van der Waals surface area contributed by atoms with Gasteiger partial charge in [-0.05, 0) is 32.0 Å². The first-order chi connectivity index (χ1) is 12.6. The predicted octanol–water partition coefficient (Wildman–Crippen LogP) is 1.52. The van der Waals surface area contributed by atoms with Crippen molar-refractivity contribution in [1.29, 1.82) is 0 Å². The molecule has 1 aromatic carbocycles. The zero-order valence-electron chi connectivity index (χ0n) is 14.1. The summed E-state index contributed by atoms with van der Waals surface area (Å²) in [5.41, 5.74) is 1.75. The van der Waals surface area contributed by atoms with Crippen LogP contribution in [0.15, 0.2) is 28.9 Å². The minimum atomic E-state index is -2.90. The Morgan fingerprint density at radius 3 is 2.77 bits per heavy atom. The lowest BCUT2D eigenvalue weighted by atomic mass is 9.98. The zero-order chi connectivity index (χ0) is 17.7. The van der Waals surface area contributed by atoms with Crippen molar-refractivity contribution in [3.8, 4) is 11.4 Å². The largest absolute Gasteiger partial charge is 0.339 e. The van der Waals surface area contributed by atoms with E-state index < -0.39 is 9.84 Å². The molecule has 136 valence electrons. The molecule has 2 fully saturated rings. The van der Waals surface area contributed by atoms with Crippen LogP contribution >= 0.6 is 0 Å². The van der Waals surface area contributed by atoms with Gasteiger partial charge in [-0.25, -0.2) is 8.42 Å². The van der Waals surface area contributed by atoms with Gasteiger partial charge in [0.05, 0.1) is 29.3 Å². The molecule has 0 saturated carbocycles. The number of fused-ring (bicyclic) bond motifs is 1. The third kappa shape index (κ3) is 2.71. The number of benzene rings is 1. The molecule has 3 aromatic rings. The number of nitrogens with one attached hydrogen (secondary N) is 1. The van der Waals surface area contributed by atoms with Crippen molar-refractivity contribution in [2.75, 3.05) is 24.6 Å². The molecule has 0 spiro atoms. The Morgan fingerprint density at radius 1 is 1.19 bits per heavy atom. The standard InChI is InChI=1S/C17H19N5O3S/c23-26(24)9-14(10-26)22-15-7-12(1-2-13(15)8-19-22)16-20-17(25-21-16)11-3-5-18-6-4-11/h1-2,7-8,11,14,18H,3-6,9-10H2. The van der Waals surface area contributed by atoms with Crippen molar-refractivity contribution in [3.63, 3.8) is 0 Å². The summed E-state index contributed by atoms with van der Waals surface area (Å²) in [5, 5.41) is 12.8. The molecule has 2 aliphatic heterocycles. The molecule has 0 bridgehead atoms. The number of piperidine rings is 1. The van der Waals surface area contributed by atoms with E-state index in [1.165, 1.54) is 0 Å². The van der Waals surface area contributed by atoms with Gasteiger partial charge in [-0.1, -0.05) is 17.3 Å². The topological polar surface area (TPSA) is 103 Å². The summed E-state index contributed by atoms with van der Waals surface area (Å²) in [7, 11) is -2.90. The van der Waals surface area contributed by atoms with Crippen LogP contribution in [0.4, 0.5) is 0 Å². The molecule has 1 N–H and O–H groups in total. The molecule has 0 amide bonds. The second-order valence-corrected chi connectivity index (χ2v) is 9.23. The van der Waals surface area contributed by atoms with Crippen LogP contribution in [0, 0.1) is 0 Å². The van der Waals surface area contributed by atoms with E-state index in [9.17, 15) is 8.42 Å². The van der Waals surface area contributed by atoms with Gasteiger partial charge in [-0.3, -0.25) is 4.68 Å². The van der Waals surface area contributed by atoms with Gasteiger partial charge in [0, 0.05) is 16.9 Å². The Bertz CT molecular complexity index is 1050. The third-order valence-electron chi connectivity index (χ3n) is 5.23. The summed E-state index contributed by atoms with van der Waals surface area (Å²) in [4.78, 5) is 4.60. The lowest BCUT2D eigenvalue weighted by Gasteiger charge is -2.26. The highest BCUT2D eigenvalue weighted by Crippen LogP contribution is 2.30. The number of hydrogen-bond donors (Lipinski definition) is 1. The number of nitrogens with zero attached hydrogens (tertiary/aromatic N) is 4. The first kappa shape index (κ1) is 16.0. The Kier molecular flexibility index (Phi) is 3.61. The van der Waals surface area contributed by atoms with E-state index >= 15 is 0 Å². The van der Waals surface area contributed by atoms with Crippen LogP contribution < -0.4 is 5.32 Å². The second kappa shape index (κ2) is 5.88. The van der Waals surface area contributed by atoms with Crippen LogP contribution in [0.25, 0.3) is 22.3 Å². The maximum atomic E-state index is 11.5. The van der Waals surface area contributed by atoms with E-state index in [2.05, 4.69) is 20.6 Å². The fourth-order valence-corrected chi connectivity index (χ4v) is 5.09. The number of sulfone groups is 1. The highest BCUT2D eigenvalue weighted by molar-refractivity contribution is 7.92. The summed E-state index contributed by atoms with van der Waals surface area (Å²) in [6.45, 7) is 1.94. The van der Waals surface area contributed by atoms with Crippen molar-refractivity contribution in [2.45, 2.75) is 24.8 Å². The predicted molar refractivity (Wildman–Crippen MR) is 95.6 cm³/mol. The van der Waals surface area contributed by atoms with Gasteiger partial charge in [-0.15, -0.1) is 0 Å². The van der Waals surface area contributed by atoms with Crippen LogP contribution in [0.2, 0.25) is 0 Å². The van der Waals surface area contributed by atoms with E-state index in [1.54, 1.807) is 10.9 Å². The van der Waals surface area contributed by atoms with Gasteiger partial charge in [0.1, 0.15) is 0 Å². The molecule has 2 aliphatic rings. The molecule has 0 unspecified atom stereocenters. The lowest BCUT2D eigenvalue weighted by Crippen LogP contribution is -2.38. The summed E-state index contributed by atoms with van der Waals surface area (Å²) in [6, 6.07) is 5.78. The van der Waals surface area contributed by atoms with Crippen molar-refractivity contribution < 1.29 is 12.9 Å². The Balaban J connectivity index is 1.47. The molecule has 9 heteroatoms. The second-order valence-electron chi connectivity index (χ2n) is 7.07. The summed E-state index contributed by atoms with van der Waals surface area (Å²) in [5.74, 6) is 1.87. The minimum Gasteiger partial charge on any atom is -0.339 e. The number of aromatic nitrogens is 4. The summed E-state index contributed by atoms with van der Waals surface area (Å²) >= 11 is 0. The fraction of sp³-hybridized carbons (Fsp3) is 0.471. The number of rotatable bonds is 3. The van der Waals surface area contributed by atoms with Gasteiger partial charge >= 0.3 is 0 Å². The summed E-state index contributed by atoms with van der Waals surface area (Å²) in [6.07, 6.45) is 3.77. The van der Waals surface area contributed by atoms with Gasteiger partial charge in [0.15, 0.2) is 9.84 Å². The van der Waals surface area contributed by atoms with E-state index in [0.29, 0.717) is 17.6 Å². The maximum Gasteiger partial charge on any atom is 0.230 e. The normalized spacial score (nSPS) is 21.1. The SMILES string of the molecule is O=S1(=O)CC(n2ncc3ccc(-c4noc(C5CCNCC5)n4)cc32)C1. The molecule has 8 nitrogen and oxygen atoms in total. The third-order valence-corrected chi connectivity index (χ3v) is 7.01. The maximum absolute atomic E-state index is 11.5. The van der Waals surface area contributed by atoms with Gasteiger partial charge < -0.3 is 9.84 Å². The van der Waals surface area contributed by atoms with Crippen molar-refractivity contribution in [1.82, 2.24) is 25.2 Å². The number of hydrogen-bond acceptors (Lipinski definition) is 7. The van der Waals surface area contributed by atoms with Gasteiger partial charge in [0.25, 0.3) is 0 Å². The highest BCUT2D eigenvalue weighted by Gasteiger charge is 2.36. The lowest BCUT2D eigenvalue weighted by molar-refractivity contribution is 0.320. The molecule has 0 aliphatic carbocycles. The van der Waals surface area contributed by atoms with Gasteiger partial charge in [-0.2, -0.15) is 10.1 Å². The molecule has 0 atom stereocenters. The first-order valence-corrected chi connectivity index (χ1v) is 10.6. The van der Waals surface area contributed by atoms with Gasteiger partial charge in [0.2, 0.25) is 11.7 Å². The molecule has 5 rings (SSSR count). The van der Waals surface area contributed by atoms with E-state index in [1.807, 2.05) is 18.2 Å². The van der Waals surface area contributed by atoms with E-state index in [0.717, 1.165) is 42.4 Å². The molecule has 0 radical (unpaired) electrons. The van der Waals surface area contributed by atoms with Crippen LogP contribution in [-0.2, 0) is 9.84 Å². The van der Waals surface area contributed by atoms with Crippen LogP contribution in [0.3, 0.4) is 0 Å². The molecule has 26 heavy (non-hydrogen) atoms. The van der Waals surface area contributed by atoms with Crippen molar-refractivity contribution in [3.05, 3.63) is 30.3 Å². The minimum absolute atomic E-state index is 0.0942. The average molecular weight is 373 g/mol. The highest BCUT2D eigenvalue weighted by atomic mass is 32.2. The first-order valence-electron chi connectivity index (χ1n) is 8.81. The molecular weight excluding hydrogens is 354 g/mol. The monoisotopic (exact) mass is 373 g/mol. The molecule has 2 aromatic heterocycles. The van der Waals surface area contributed by atoms with Crippen molar-refractivity contribution in [2.24, 2.45) is 0 Å². The fourth-order valence-electron chi connectivity index (χ4n) is 3.73. The Morgan fingerprint density at radius 2 is 2.00 bits per heavy atom. The summed E-state index contributed by atoms with van der Waals surface area (Å²) < 4.78 is 30.3. The van der Waals surface area contributed by atoms with Crippen molar-refractivity contribution >= 4 is 20.7 Å². The Hall–Kier alpha value is -2.26.